The average molecular weight is 432 g/mol. The van der Waals surface area contributed by atoms with Crippen LogP contribution in [0.5, 0.6) is 0 Å². The van der Waals surface area contributed by atoms with Crippen molar-refractivity contribution >= 4 is 11.9 Å². The summed E-state index contributed by atoms with van der Waals surface area (Å²) in [5.41, 5.74) is -1.20. The van der Waals surface area contributed by atoms with Gasteiger partial charge < -0.3 is 25.0 Å². The standard InChI is InChI=1S/C23H45NO6/c1-9-23(8,15-17-30-22(6,7)13-11-19(27)28)24-20(2,3)14-16-29-21(4,5)12-10-18(25)26/h24H,9-17H2,1-8H3,(H,25,26)(H,27,28). The van der Waals surface area contributed by atoms with Gasteiger partial charge in [0.2, 0.25) is 0 Å². The van der Waals surface area contributed by atoms with Gasteiger partial charge in [-0.2, -0.15) is 0 Å². The highest BCUT2D eigenvalue weighted by Crippen LogP contribution is 2.25. The van der Waals surface area contributed by atoms with Crippen LogP contribution in [0.2, 0.25) is 0 Å². The molecule has 0 amide bonds. The lowest BCUT2D eigenvalue weighted by Crippen LogP contribution is -2.54. The Labute approximate surface area is 182 Å². The predicted octanol–water partition coefficient (Wildman–Crippen LogP) is 4.62. The Hall–Kier alpha value is -1.18. The molecule has 7 heteroatoms. The first-order valence-corrected chi connectivity index (χ1v) is 11.0. The summed E-state index contributed by atoms with van der Waals surface area (Å²) in [6.45, 7) is 17.4. The van der Waals surface area contributed by atoms with Gasteiger partial charge >= 0.3 is 11.9 Å². The molecular weight excluding hydrogens is 386 g/mol. The van der Waals surface area contributed by atoms with E-state index in [0.29, 0.717) is 26.1 Å². The molecule has 0 aromatic heterocycles. The lowest BCUT2D eigenvalue weighted by Gasteiger charge is -2.40. The molecule has 0 aromatic carbocycles. The maximum absolute atomic E-state index is 10.8. The number of rotatable bonds is 17. The van der Waals surface area contributed by atoms with Gasteiger partial charge in [0.25, 0.3) is 0 Å². The van der Waals surface area contributed by atoms with E-state index in [4.69, 9.17) is 19.7 Å². The first-order valence-electron chi connectivity index (χ1n) is 11.0. The van der Waals surface area contributed by atoms with Gasteiger partial charge in [-0.3, -0.25) is 9.59 Å². The Bertz CT molecular complexity index is 544. The molecule has 0 fully saturated rings. The van der Waals surface area contributed by atoms with Crippen LogP contribution in [0.3, 0.4) is 0 Å². The van der Waals surface area contributed by atoms with Crippen molar-refractivity contribution in [3.8, 4) is 0 Å². The molecule has 0 saturated heterocycles. The molecule has 3 N–H and O–H groups in total. The lowest BCUT2D eigenvalue weighted by atomic mass is 9.89. The second-order valence-electron chi connectivity index (χ2n) is 10.4. The van der Waals surface area contributed by atoms with Crippen LogP contribution in [0.1, 0.15) is 100 Å². The number of nitrogens with one attached hydrogen (secondary N) is 1. The number of carbonyl (C=O) groups is 2. The van der Waals surface area contributed by atoms with Crippen molar-refractivity contribution in [2.45, 2.75) is 123 Å². The van der Waals surface area contributed by atoms with E-state index < -0.39 is 23.1 Å². The van der Waals surface area contributed by atoms with Gasteiger partial charge in [-0.05, 0) is 80.6 Å². The fourth-order valence-electron chi connectivity index (χ4n) is 3.30. The van der Waals surface area contributed by atoms with Crippen molar-refractivity contribution in [2.24, 2.45) is 0 Å². The molecule has 0 rings (SSSR count). The third-order valence-corrected chi connectivity index (χ3v) is 5.67. The normalized spacial score (nSPS) is 15.1. The smallest absolute Gasteiger partial charge is 0.303 e. The van der Waals surface area contributed by atoms with Gasteiger partial charge in [0, 0.05) is 37.1 Å². The minimum absolute atomic E-state index is 0.103. The van der Waals surface area contributed by atoms with E-state index >= 15 is 0 Å². The van der Waals surface area contributed by atoms with E-state index in [0.717, 1.165) is 19.3 Å². The molecule has 1 atom stereocenters. The van der Waals surface area contributed by atoms with Crippen LogP contribution in [0, 0.1) is 0 Å². The largest absolute Gasteiger partial charge is 0.481 e. The number of ether oxygens (including phenoxy) is 2. The molecule has 178 valence electrons. The monoisotopic (exact) mass is 431 g/mol. The SMILES string of the molecule is CCC(C)(CCOC(C)(C)CCC(=O)O)NC(C)(C)CCOC(C)(C)CCC(=O)O. The third-order valence-electron chi connectivity index (χ3n) is 5.67. The van der Waals surface area contributed by atoms with Crippen LogP contribution in [0.25, 0.3) is 0 Å². The first-order chi connectivity index (χ1) is 13.5. The van der Waals surface area contributed by atoms with Crippen molar-refractivity contribution < 1.29 is 29.3 Å². The molecule has 0 radical (unpaired) electrons. The topological polar surface area (TPSA) is 105 Å². The molecule has 7 nitrogen and oxygen atoms in total. The lowest BCUT2D eigenvalue weighted by molar-refractivity contribution is -0.139. The second-order valence-corrected chi connectivity index (χ2v) is 10.4. The fourth-order valence-corrected chi connectivity index (χ4v) is 3.30. The van der Waals surface area contributed by atoms with Gasteiger partial charge in [-0.25, -0.2) is 0 Å². The summed E-state index contributed by atoms with van der Waals surface area (Å²) in [6.07, 6.45) is 3.72. The Morgan fingerprint density at radius 1 is 0.733 bits per heavy atom. The van der Waals surface area contributed by atoms with Gasteiger partial charge in [-0.15, -0.1) is 0 Å². The highest BCUT2D eigenvalue weighted by molar-refractivity contribution is 5.67. The third kappa shape index (κ3) is 13.9. The molecule has 0 spiro atoms. The van der Waals surface area contributed by atoms with Crippen LogP contribution in [-0.4, -0.2) is 57.6 Å². The Morgan fingerprint density at radius 2 is 1.13 bits per heavy atom. The van der Waals surface area contributed by atoms with Crippen molar-refractivity contribution in [1.29, 1.82) is 0 Å². The zero-order chi connectivity index (χ0) is 23.6. The van der Waals surface area contributed by atoms with E-state index in [9.17, 15) is 9.59 Å². The zero-order valence-corrected chi connectivity index (χ0v) is 20.4. The average Bonchev–Trinajstić information content (AvgIpc) is 2.57. The van der Waals surface area contributed by atoms with Crippen LogP contribution in [0.4, 0.5) is 0 Å². The van der Waals surface area contributed by atoms with Crippen molar-refractivity contribution in [1.82, 2.24) is 5.32 Å². The minimum atomic E-state index is -0.805. The Morgan fingerprint density at radius 3 is 1.50 bits per heavy atom. The fraction of sp³-hybridized carbons (Fsp3) is 0.913. The molecule has 0 aromatic rings. The first kappa shape index (κ1) is 28.8. The maximum atomic E-state index is 10.8. The number of hydrogen-bond acceptors (Lipinski definition) is 5. The summed E-state index contributed by atoms with van der Waals surface area (Å²) >= 11 is 0. The highest BCUT2D eigenvalue weighted by Gasteiger charge is 2.31. The van der Waals surface area contributed by atoms with Crippen molar-refractivity contribution in [2.75, 3.05) is 13.2 Å². The quantitative estimate of drug-likeness (QED) is 0.308. The van der Waals surface area contributed by atoms with E-state index in [-0.39, 0.29) is 23.9 Å². The summed E-state index contributed by atoms with van der Waals surface area (Å²) in [5.74, 6) is -1.61. The summed E-state index contributed by atoms with van der Waals surface area (Å²) in [4.78, 5) is 21.6. The van der Waals surface area contributed by atoms with Crippen LogP contribution in [0.15, 0.2) is 0 Å². The van der Waals surface area contributed by atoms with E-state index in [2.05, 4.69) is 33.0 Å². The minimum Gasteiger partial charge on any atom is -0.481 e. The van der Waals surface area contributed by atoms with Crippen molar-refractivity contribution in [3.05, 3.63) is 0 Å². The van der Waals surface area contributed by atoms with Crippen molar-refractivity contribution in [3.63, 3.8) is 0 Å². The van der Waals surface area contributed by atoms with Crippen LogP contribution < -0.4 is 5.32 Å². The molecule has 0 aliphatic heterocycles. The van der Waals surface area contributed by atoms with Crippen LogP contribution >= 0.6 is 0 Å². The molecular formula is C23H45NO6. The molecule has 0 aliphatic rings. The molecule has 1 unspecified atom stereocenters. The molecule has 30 heavy (non-hydrogen) atoms. The Balaban J connectivity index is 4.57. The highest BCUT2D eigenvalue weighted by atomic mass is 16.5. The van der Waals surface area contributed by atoms with Gasteiger partial charge in [0.15, 0.2) is 0 Å². The summed E-state index contributed by atoms with van der Waals surface area (Å²) in [6, 6.07) is 0. The number of carboxylic acids is 2. The maximum Gasteiger partial charge on any atom is 0.303 e. The summed E-state index contributed by atoms with van der Waals surface area (Å²) in [5, 5.41) is 21.5. The van der Waals surface area contributed by atoms with Gasteiger partial charge in [0.1, 0.15) is 0 Å². The molecule has 0 saturated carbocycles. The predicted molar refractivity (Wildman–Crippen MR) is 119 cm³/mol. The van der Waals surface area contributed by atoms with Gasteiger partial charge in [-0.1, -0.05) is 6.92 Å². The molecule has 0 bridgehead atoms. The number of aliphatic carboxylic acids is 2. The summed E-state index contributed by atoms with van der Waals surface area (Å²) < 4.78 is 11.9. The molecule has 0 aliphatic carbocycles. The molecule has 0 heterocycles. The second kappa shape index (κ2) is 12.0. The van der Waals surface area contributed by atoms with Crippen LogP contribution in [-0.2, 0) is 19.1 Å². The van der Waals surface area contributed by atoms with E-state index in [1.165, 1.54) is 0 Å². The number of carboxylic acid groups (broad SMARTS) is 2. The van der Waals surface area contributed by atoms with E-state index in [1.807, 2.05) is 27.7 Å². The Kier molecular flexibility index (Phi) is 11.5. The van der Waals surface area contributed by atoms with E-state index in [1.54, 1.807) is 0 Å². The zero-order valence-electron chi connectivity index (χ0n) is 20.4. The summed E-state index contributed by atoms with van der Waals surface area (Å²) in [7, 11) is 0. The van der Waals surface area contributed by atoms with Gasteiger partial charge in [0.05, 0.1) is 11.2 Å². The number of hydrogen-bond donors (Lipinski definition) is 3.